The first-order valence-corrected chi connectivity index (χ1v) is 8.40. The van der Waals surface area contributed by atoms with E-state index in [1.54, 1.807) is 18.2 Å². The number of nitrogens with one attached hydrogen (secondary N) is 1. The molecule has 6 nitrogen and oxygen atoms in total. The summed E-state index contributed by atoms with van der Waals surface area (Å²) in [4.78, 5) is 22.9. The van der Waals surface area contributed by atoms with Gasteiger partial charge in [-0.2, -0.15) is 4.98 Å². The van der Waals surface area contributed by atoms with Crippen molar-refractivity contribution < 1.29 is 9.18 Å². The summed E-state index contributed by atoms with van der Waals surface area (Å²) in [5, 5.41) is 2.84. The second kappa shape index (κ2) is 7.46. The quantitative estimate of drug-likeness (QED) is 0.887. The predicted molar refractivity (Wildman–Crippen MR) is 94.4 cm³/mol. The first-order valence-electron chi connectivity index (χ1n) is 8.40. The number of carbonyl (C=O) groups is 1. The lowest BCUT2D eigenvalue weighted by Gasteiger charge is -2.33. The third-order valence-corrected chi connectivity index (χ3v) is 4.39. The molecule has 0 bridgehead atoms. The number of nitrogens with two attached hydrogens (primary N) is 1. The van der Waals surface area contributed by atoms with Crippen LogP contribution in [-0.2, 0) is 11.3 Å². The summed E-state index contributed by atoms with van der Waals surface area (Å²) in [6.45, 7) is 3.46. The lowest BCUT2D eigenvalue weighted by Crippen LogP contribution is -2.43. The van der Waals surface area contributed by atoms with Crippen LogP contribution in [0.25, 0.3) is 0 Å². The highest BCUT2D eigenvalue weighted by molar-refractivity contribution is 5.79. The van der Waals surface area contributed by atoms with Crippen molar-refractivity contribution >= 4 is 17.7 Å². The van der Waals surface area contributed by atoms with Crippen LogP contribution in [0.3, 0.4) is 0 Å². The number of anilines is 2. The number of halogens is 1. The van der Waals surface area contributed by atoms with Gasteiger partial charge in [0.15, 0.2) is 0 Å². The van der Waals surface area contributed by atoms with E-state index in [1.165, 1.54) is 6.07 Å². The molecule has 0 spiro atoms. The van der Waals surface area contributed by atoms with Crippen molar-refractivity contribution in [3.05, 3.63) is 47.4 Å². The molecular formula is C18H22FN5O. The fourth-order valence-corrected chi connectivity index (χ4v) is 3.10. The molecule has 1 amide bonds. The smallest absolute Gasteiger partial charge is 0.225 e. The first kappa shape index (κ1) is 17.1. The topological polar surface area (TPSA) is 84.1 Å². The minimum Gasteiger partial charge on any atom is -0.368 e. The number of benzene rings is 1. The van der Waals surface area contributed by atoms with Crippen LogP contribution in [0.2, 0.25) is 0 Å². The number of carbonyl (C=O) groups excluding carboxylic acids is 1. The van der Waals surface area contributed by atoms with Crippen molar-refractivity contribution in [2.24, 2.45) is 5.92 Å². The normalized spacial score (nSPS) is 17.4. The Morgan fingerprint density at radius 3 is 2.96 bits per heavy atom. The van der Waals surface area contributed by atoms with E-state index in [0.29, 0.717) is 12.1 Å². The molecule has 1 unspecified atom stereocenters. The standard InChI is InChI=1S/C18H22FN5O/c1-12-9-16(23-18(20)22-12)24-8-4-6-14(11-24)17(25)21-10-13-5-2-3-7-15(13)19/h2-3,5,7,9,14H,4,6,8,10-11H2,1H3,(H,21,25)(H2,20,22,23). The molecule has 2 aromatic rings. The maximum Gasteiger partial charge on any atom is 0.225 e. The number of piperidine rings is 1. The van der Waals surface area contributed by atoms with Crippen LogP contribution in [0.5, 0.6) is 0 Å². The van der Waals surface area contributed by atoms with Gasteiger partial charge in [-0.3, -0.25) is 4.79 Å². The monoisotopic (exact) mass is 343 g/mol. The molecule has 1 atom stereocenters. The Hall–Kier alpha value is -2.70. The van der Waals surface area contributed by atoms with Crippen LogP contribution in [0, 0.1) is 18.7 Å². The van der Waals surface area contributed by atoms with Crippen molar-refractivity contribution in [1.82, 2.24) is 15.3 Å². The second-order valence-electron chi connectivity index (χ2n) is 6.32. The Kier molecular flexibility index (Phi) is 5.11. The van der Waals surface area contributed by atoms with Crippen LogP contribution in [0.4, 0.5) is 16.2 Å². The molecule has 0 saturated carbocycles. The molecule has 7 heteroatoms. The Morgan fingerprint density at radius 2 is 2.20 bits per heavy atom. The SMILES string of the molecule is Cc1cc(N2CCCC(C(=O)NCc3ccccc3F)C2)nc(N)n1. The molecule has 1 fully saturated rings. The highest BCUT2D eigenvalue weighted by Gasteiger charge is 2.26. The largest absolute Gasteiger partial charge is 0.368 e. The second-order valence-corrected chi connectivity index (χ2v) is 6.32. The Bertz CT molecular complexity index is 747. The molecule has 1 aliphatic heterocycles. The molecule has 0 aliphatic carbocycles. The van der Waals surface area contributed by atoms with Crippen LogP contribution in [0.1, 0.15) is 24.1 Å². The fraction of sp³-hybridized carbons (Fsp3) is 0.389. The molecule has 1 saturated heterocycles. The molecule has 1 aliphatic rings. The third-order valence-electron chi connectivity index (χ3n) is 4.39. The maximum absolute atomic E-state index is 13.7. The number of rotatable bonds is 4. The molecule has 1 aromatic heterocycles. The molecule has 0 radical (unpaired) electrons. The average Bonchev–Trinajstić information content (AvgIpc) is 2.60. The van der Waals surface area contributed by atoms with Crippen molar-refractivity contribution in [3.63, 3.8) is 0 Å². The summed E-state index contributed by atoms with van der Waals surface area (Å²) in [5.41, 5.74) is 7.01. The number of hydrogen-bond acceptors (Lipinski definition) is 5. The number of aromatic nitrogens is 2. The molecular weight excluding hydrogens is 321 g/mol. The zero-order chi connectivity index (χ0) is 17.8. The summed E-state index contributed by atoms with van der Waals surface area (Å²) < 4.78 is 13.7. The van der Waals surface area contributed by atoms with Gasteiger partial charge in [0.2, 0.25) is 11.9 Å². The van der Waals surface area contributed by atoms with Gasteiger partial charge < -0.3 is 16.0 Å². The Labute approximate surface area is 146 Å². The zero-order valence-corrected chi connectivity index (χ0v) is 14.2. The van der Waals surface area contributed by atoms with Crippen LogP contribution in [0.15, 0.2) is 30.3 Å². The molecule has 132 valence electrons. The van der Waals surface area contributed by atoms with E-state index in [-0.39, 0.29) is 30.1 Å². The summed E-state index contributed by atoms with van der Waals surface area (Å²) in [7, 11) is 0. The van der Waals surface area contributed by atoms with Crippen LogP contribution < -0.4 is 16.0 Å². The number of nitrogens with zero attached hydrogens (tertiary/aromatic N) is 3. The highest BCUT2D eigenvalue weighted by Crippen LogP contribution is 2.23. The Morgan fingerprint density at radius 1 is 1.40 bits per heavy atom. The van der Waals surface area contributed by atoms with Gasteiger partial charge in [0.05, 0.1) is 5.92 Å². The number of aryl methyl sites for hydroxylation is 1. The number of nitrogen functional groups attached to an aromatic ring is 1. The van der Waals surface area contributed by atoms with Gasteiger partial charge in [-0.15, -0.1) is 0 Å². The molecule has 25 heavy (non-hydrogen) atoms. The van der Waals surface area contributed by atoms with Gasteiger partial charge in [0, 0.05) is 37.0 Å². The van der Waals surface area contributed by atoms with Crippen molar-refractivity contribution in [2.75, 3.05) is 23.7 Å². The highest BCUT2D eigenvalue weighted by atomic mass is 19.1. The van der Waals surface area contributed by atoms with E-state index in [2.05, 4.69) is 20.2 Å². The lowest BCUT2D eigenvalue weighted by atomic mass is 9.97. The van der Waals surface area contributed by atoms with Gasteiger partial charge in [-0.1, -0.05) is 18.2 Å². The zero-order valence-electron chi connectivity index (χ0n) is 14.2. The van der Waals surface area contributed by atoms with Gasteiger partial charge >= 0.3 is 0 Å². The van der Waals surface area contributed by atoms with E-state index in [1.807, 2.05) is 13.0 Å². The Balaban J connectivity index is 1.62. The third kappa shape index (κ3) is 4.23. The van der Waals surface area contributed by atoms with Crippen molar-refractivity contribution in [2.45, 2.75) is 26.3 Å². The molecule has 2 heterocycles. The molecule has 1 aromatic carbocycles. The minimum atomic E-state index is -0.306. The van der Waals surface area contributed by atoms with Crippen LogP contribution in [-0.4, -0.2) is 29.0 Å². The van der Waals surface area contributed by atoms with E-state index in [4.69, 9.17) is 5.73 Å². The van der Waals surface area contributed by atoms with Gasteiger partial charge in [-0.05, 0) is 25.8 Å². The van der Waals surface area contributed by atoms with Gasteiger partial charge in [0.1, 0.15) is 11.6 Å². The van der Waals surface area contributed by atoms with E-state index < -0.39 is 0 Å². The van der Waals surface area contributed by atoms with Crippen molar-refractivity contribution in [1.29, 1.82) is 0 Å². The number of amides is 1. The average molecular weight is 343 g/mol. The van der Waals surface area contributed by atoms with Gasteiger partial charge in [0.25, 0.3) is 0 Å². The first-order chi connectivity index (χ1) is 12.0. The lowest BCUT2D eigenvalue weighted by molar-refractivity contribution is -0.125. The van der Waals surface area contributed by atoms with Crippen LogP contribution >= 0.6 is 0 Å². The summed E-state index contributed by atoms with van der Waals surface area (Å²) >= 11 is 0. The van der Waals surface area contributed by atoms with E-state index >= 15 is 0 Å². The van der Waals surface area contributed by atoms with E-state index in [9.17, 15) is 9.18 Å². The van der Waals surface area contributed by atoms with Crippen molar-refractivity contribution in [3.8, 4) is 0 Å². The summed E-state index contributed by atoms with van der Waals surface area (Å²) in [6.07, 6.45) is 1.69. The van der Waals surface area contributed by atoms with E-state index in [0.717, 1.165) is 30.9 Å². The predicted octanol–water partition coefficient (Wildman–Crippen LogP) is 2.04. The molecule has 3 N–H and O–H groups in total. The maximum atomic E-state index is 13.7. The molecule has 3 rings (SSSR count). The van der Waals surface area contributed by atoms with Gasteiger partial charge in [-0.25, -0.2) is 9.37 Å². The summed E-state index contributed by atoms with van der Waals surface area (Å²) in [6, 6.07) is 8.33. The fourth-order valence-electron chi connectivity index (χ4n) is 3.10. The summed E-state index contributed by atoms with van der Waals surface area (Å²) in [5.74, 6) is 0.460. The minimum absolute atomic E-state index is 0.0632. The number of hydrogen-bond donors (Lipinski definition) is 2.